The first kappa shape index (κ1) is 13.1. The molecule has 0 heterocycles. The Morgan fingerprint density at radius 2 is 1.53 bits per heavy atom. The molecule has 19 heavy (non-hydrogen) atoms. The van der Waals surface area contributed by atoms with E-state index in [1.54, 1.807) is 47.2 Å². The van der Waals surface area contributed by atoms with Gasteiger partial charge in [-0.05, 0) is 11.6 Å². The SMILES string of the molecule is NC(=O)NS(=O)(=O)c1ccccc1-c1ccccc1. The quantitative estimate of drug-likeness (QED) is 0.894. The van der Waals surface area contributed by atoms with E-state index in [1.807, 2.05) is 6.07 Å². The lowest BCUT2D eigenvalue weighted by atomic mass is 10.1. The van der Waals surface area contributed by atoms with Gasteiger partial charge in [0.05, 0.1) is 4.90 Å². The maximum absolute atomic E-state index is 12.0. The molecule has 0 bridgehead atoms. The molecule has 6 heteroatoms. The van der Waals surface area contributed by atoms with Gasteiger partial charge in [-0.3, -0.25) is 0 Å². The smallest absolute Gasteiger partial charge is 0.326 e. The first-order chi connectivity index (χ1) is 9.00. The number of hydrogen-bond acceptors (Lipinski definition) is 3. The molecule has 0 atom stereocenters. The van der Waals surface area contributed by atoms with Gasteiger partial charge in [0, 0.05) is 5.56 Å². The van der Waals surface area contributed by atoms with Gasteiger partial charge >= 0.3 is 6.03 Å². The number of primary amides is 1. The Labute approximate surface area is 111 Å². The molecule has 2 rings (SSSR count). The highest BCUT2D eigenvalue weighted by molar-refractivity contribution is 7.90. The van der Waals surface area contributed by atoms with E-state index < -0.39 is 16.1 Å². The van der Waals surface area contributed by atoms with Crippen molar-refractivity contribution in [3.8, 4) is 11.1 Å². The van der Waals surface area contributed by atoms with Crippen LogP contribution in [0.5, 0.6) is 0 Å². The fraction of sp³-hybridized carbons (Fsp3) is 0. The Bertz CT molecular complexity index is 697. The van der Waals surface area contributed by atoms with Crippen LogP contribution < -0.4 is 10.5 Å². The lowest BCUT2D eigenvalue weighted by molar-refractivity contribution is 0.253. The Kier molecular flexibility index (Phi) is 3.52. The molecule has 3 N–H and O–H groups in total. The molecule has 98 valence electrons. The first-order valence-corrected chi connectivity index (χ1v) is 6.96. The fourth-order valence-electron chi connectivity index (χ4n) is 1.74. The van der Waals surface area contributed by atoms with Crippen molar-refractivity contribution >= 4 is 16.1 Å². The van der Waals surface area contributed by atoms with E-state index in [9.17, 15) is 13.2 Å². The van der Waals surface area contributed by atoms with Gasteiger partial charge in [0.2, 0.25) is 0 Å². The molecule has 0 spiro atoms. The van der Waals surface area contributed by atoms with E-state index in [4.69, 9.17) is 5.73 Å². The largest absolute Gasteiger partial charge is 0.351 e. The zero-order chi connectivity index (χ0) is 13.9. The molecule has 0 radical (unpaired) electrons. The third-order valence-electron chi connectivity index (χ3n) is 2.50. The van der Waals surface area contributed by atoms with E-state index >= 15 is 0 Å². The molecule has 5 nitrogen and oxygen atoms in total. The van der Waals surface area contributed by atoms with Gasteiger partial charge in [-0.1, -0.05) is 48.5 Å². The van der Waals surface area contributed by atoms with E-state index in [-0.39, 0.29) is 4.90 Å². The van der Waals surface area contributed by atoms with Crippen LogP contribution in [0, 0.1) is 0 Å². The van der Waals surface area contributed by atoms with E-state index in [1.165, 1.54) is 6.07 Å². The number of hydrogen-bond donors (Lipinski definition) is 2. The van der Waals surface area contributed by atoms with Crippen LogP contribution in [-0.4, -0.2) is 14.4 Å². The number of benzene rings is 2. The van der Waals surface area contributed by atoms with Crippen LogP contribution in [-0.2, 0) is 10.0 Å². The van der Waals surface area contributed by atoms with Gasteiger partial charge in [-0.15, -0.1) is 0 Å². The summed E-state index contributed by atoms with van der Waals surface area (Å²) < 4.78 is 25.8. The summed E-state index contributed by atoms with van der Waals surface area (Å²) in [6, 6.07) is 14.3. The second kappa shape index (κ2) is 5.11. The summed E-state index contributed by atoms with van der Waals surface area (Å²) in [6.07, 6.45) is 0. The molecular weight excluding hydrogens is 264 g/mol. The van der Waals surface area contributed by atoms with Crippen LogP contribution in [0.25, 0.3) is 11.1 Å². The molecule has 0 aromatic heterocycles. The molecule has 2 amide bonds. The highest BCUT2D eigenvalue weighted by Crippen LogP contribution is 2.26. The summed E-state index contributed by atoms with van der Waals surface area (Å²) in [4.78, 5) is 10.8. The van der Waals surface area contributed by atoms with Crippen molar-refractivity contribution in [1.82, 2.24) is 4.72 Å². The van der Waals surface area contributed by atoms with Gasteiger partial charge in [0.25, 0.3) is 10.0 Å². The molecule has 2 aromatic rings. The zero-order valence-corrected chi connectivity index (χ0v) is 10.7. The number of carbonyl (C=O) groups excluding carboxylic acids is 1. The number of nitrogens with one attached hydrogen (secondary N) is 1. The van der Waals surface area contributed by atoms with Crippen LogP contribution in [0.4, 0.5) is 4.79 Å². The Morgan fingerprint density at radius 3 is 2.16 bits per heavy atom. The van der Waals surface area contributed by atoms with Crippen molar-refractivity contribution in [2.75, 3.05) is 0 Å². The maximum Gasteiger partial charge on any atom is 0.326 e. The molecule has 0 saturated carbocycles. The summed E-state index contributed by atoms with van der Waals surface area (Å²) in [5.41, 5.74) is 6.13. The molecule has 0 aliphatic heterocycles. The minimum Gasteiger partial charge on any atom is -0.351 e. The van der Waals surface area contributed by atoms with Gasteiger partial charge in [0.15, 0.2) is 0 Å². The van der Waals surface area contributed by atoms with E-state index in [0.29, 0.717) is 5.56 Å². The molecule has 0 unspecified atom stereocenters. The van der Waals surface area contributed by atoms with Crippen LogP contribution in [0.2, 0.25) is 0 Å². The molecule has 0 aliphatic rings. The lowest BCUT2D eigenvalue weighted by Gasteiger charge is -2.10. The summed E-state index contributed by atoms with van der Waals surface area (Å²) in [6.45, 7) is 0. The topological polar surface area (TPSA) is 89.3 Å². The number of nitrogens with two attached hydrogens (primary N) is 1. The molecule has 2 aromatic carbocycles. The second-order valence-electron chi connectivity index (χ2n) is 3.83. The normalized spacial score (nSPS) is 10.9. The minimum absolute atomic E-state index is 0.0139. The summed E-state index contributed by atoms with van der Waals surface area (Å²) in [7, 11) is -3.96. The highest BCUT2D eigenvalue weighted by Gasteiger charge is 2.20. The van der Waals surface area contributed by atoms with Gasteiger partial charge < -0.3 is 5.73 Å². The van der Waals surface area contributed by atoms with Crippen LogP contribution >= 0.6 is 0 Å². The van der Waals surface area contributed by atoms with Gasteiger partial charge in [-0.2, -0.15) is 0 Å². The number of rotatable bonds is 3. The number of urea groups is 1. The summed E-state index contributed by atoms with van der Waals surface area (Å²) in [5.74, 6) is 0. The number of amides is 2. The second-order valence-corrected chi connectivity index (χ2v) is 5.48. The average molecular weight is 276 g/mol. The molecular formula is C13H12N2O3S. The fourth-order valence-corrected chi connectivity index (χ4v) is 2.85. The Balaban J connectivity index is 2.58. The third-order valence-corrected chi connectivity index (χ3v) is 3.90. The number of carbonyl (C=O) groups is 1. The van der Waals surface area contributed by atoms with Crippen molar-refractivity contribution < 1.29 is 13.2 Å². The number of sulfonamides is 1. The van der Waals surface area contributed by atoms with Crippen molar-refractivity contribution in [1.29, 1.82) is 0 Å². The lowest BCUT2D eigenvalue weighted by Crippen LogP contribution is -2.35. The maximum atomic E-state index is 12.0. The highest BCUT2D eigenvalue weighted by atomic mass is 32.2. The van der Waals surface area contributed by atoms with Gasteiger partial charge in [0.1, 0.15) is 0 Å². The van der Waals surface area contributed by atoms with E-state index in [2.05, 4.69) is 0 Å². The Hall–Kier alpha value is -2.34. The summed E-state index contributed by atoms with van der Waals surface area (Å²) in [5, 5.41) is 0. The monoisotopic (exact) mass is 276 g/mol. The predicted octanol–water partition coefficient (Wildman–Crippen LogP) is 1.71. The summed E-state index contributed by atoms with van der Waals surface area (Å²) >= 11 is 0. The van der Waals surface area contributed by atoms with Crippen molar-refractivity contribution in [2.45, 2.75) is 4.90 Å². The zero-order valence-electron chi connectivity index (χ0n) is 9.91. The van der Waals surface area contributed by atoms with Crippen LogP contribution in [0.1, 0.15) is 0 Å². The molecule has 0 aliphatic carbocycles. The van der Waals surface area contributed by atoms with Crippen molar-refractivity contribution in [2.24, 2.45) is 5.73 Å². The molecule has 0 fully saturated rings. The third kappa shape index (κ3) is 2.92. The van der Waals surface area contributed by atoms with Crippen LogP contribution in [0.3, 0.4) is 0 Å². The minimum atomic E-state index is -3.96. The van der Waals surface area contributed by atoms with Crippen LogP contribution in [0.15, 0.2) is 59.5 Å². The van der Waals surface area contributed by atoms with Gasteiger partial charge in [-0.25, -0.2) is 17.9 Å². The standard InChI is InChI=1S/C13H12N2O3S/c14-13(16)15-19(17,18)12-9-5-4-8-11(12)10-6-2-1-3-7-10/h1-9H,(H3,14,15,16). The first-order valence-electron chi connectivity index (χ1n) is 5.47. The predicted molar refractivity (Wildman–Crippen MR) is 71.8 cm³/mol. The van der Waals surface area contributed by atoms with Crippen molar-refractivity contribution in [3.05, 3.63) is 54.6 Å². The van der Waals surface area contributed by atoms with Crippen molar-refractivity contribution in [3.63, 3.8) is 0 Å². The molecule has 0 saturated heterocycles. The average Bonchev–Trinajstić information content (AvgIpc) is 2.38. The van der Waals surface area contributed by atoms with E-state index in [0.717, 1.165) is 5.56 Å². The Morgan fingerprint density at radius 1 is 0.947 bits per heavy atom.